The van der Waals surface area contributed by atoms with Crippen LogP contribution in [0.3, 0.4) is 0 Å². The normalized spacial score (nSPS) is 19.2. The van der Waals surface area contributed by atoms with E-state index in [-0.39, 0.29) is 11.9 Å². The van der Waals surface area contributed by atoms with Crippen molar-refractivity contribution in [2.75, 3.05) is 22.1 Å². The Balaban J connectivity index is 1.51. The number of anilines is 3. The van der Waals surface area contributed by atoms with Gasteiger partial charge >= 0.3 is 6.03 Å². The number of amides is 3. The van der Waals surface area contributed by atoms with Crippen molar-refractivity contribution in [3.05, 3.63) is 53.8 Å². The van der Waals surface area contributed by atoms with E-state index in [1.165, 1.54) is 11.0 Å². The summed E-state index contributed by atoms with van der Waals surface area (Å²) in [6, 6.07) is 11.2. The molecule has 2 aromatic rings. The summed E-state index contributed by atoms with van der Waals surface area (Å²) < 4.78 is 13.9. The fourth-order valence-corrected chi connectivity index (χ4v) is 3.20. The lowest BCUT2D eigenvalue weighted by Gasteiger charge is -2.21. The zero-order chi connectivity index (χ0) is 17.4. The number of fused-ring (bicyclic) bond motifs is 1. The van der Waals surface area contributed by atoms with Crippen molar-refractivity contribution in [1.29, 1.82) is 0 Å². The highest BCUT2D eigenvalue weighted by Gasteiger charge is 2.33. The summed E-state index contributed by atoms with van der Waals surface area (Å²) in [5.41, 5.74) is 2.76. The van der Waals surface area contributed by atoms with Crippen molar-refractivity contribution in [3.63, 3.8) is 0 Å². The molecule has 1 atom stereocenters. The van der Waals surface area contributed by atoms with Crippen LogP contribution in [0.25, 0.3) is 0 Å². The summed E-state index contributed by atoms with van der Waals surface area (Å²) in [6.45, 7) is 0.938. The molecule has 2 heterocycles. The quantitative estimate of drug-likeness (QED) is 0.804. The van der Waals surface area contributed by atoms with Crippen molar-refractivity contribution in [1.82, 2.24) is 5.32 Å². The monoisotopic (exact) mass is 340 g/mol. The van der Waals surface area contributed by atoms with Gasteiger partial charge in [0.1, 0.15) is 11.9 Å². The first kappa shape index (κ1) is 15.4. The van der Waals surface area contributed by atoms with Crippen LogP contribution in [-0.2, 0) is 11.3 Å². The molecule has 0 radical (unpaired) electrons. The first-order valence-electron chi connectivity index (χ1n) is 8.12. The molecule has 3 amide bonds. The summed E-state index contributed by atoms with van der Waals surface area (Å²) in [7, 11) is 0. The maximum atomic E-state index is 13.9. The van der Waals surface area contributed by atoms with Gasteiger partial charge in [-0.15, -0.1) is 0 Å². The number of urea groups is 1. The van der Waals surface area contributed by atoms with Crippen LogP contribution in [0.2, 0.25) is 0 Å². The molecular weight excluding hydrogens is 323 g/mol. The van der Waals surface area contributed by atoms with Crippen LogP contribution >= 0.6 is 0 Å². The molecule has 7 heteroatoms. The number of para-hydroxylation sites is 1. The fraction of sp³-hybridized carbons (Fsp3) is 0.222. The van der Waals surface area contributed by atoms with Gasteiger partial charge in [-0.25, -0.2) is 9.18 Å². The lowest BCUT2D eigenvalue weighted by atomic mass is 10.1. The molecule has 1 saturated heterocycles. The van der Waals surface area contributed by atoms with Gasteiger partial charge in [-0.2, -0.15) is 0 Å². The minimum absolute atomic E-state index is 0.159. The molecule has 4 rings (SSSR count). The van der Waals surface area contributed by atoms with Gasteiger partial charge < -0.3 is 20.9 Å². The van der Waals surface area contributed by atoms with Gasteiger partial charge in [-0.05, 0) is 36.2 Å². The molecular formula is C18H17FN4O2. The van der Waals surface area contributed by atoms with Gasteiger partial charge in [0.25, 0.3) is 0 Å². The first-order valence-corrected chi connectivity index (χ1v) is 8.12. The third-order valence-electron chi connectivity index (χ3n) is 4.49. The standard InChI is InChI=1S/C18H17FN4O2/c19-13-3-1-2-4-16(13)23-8-7-14(17(23)24)21-12-6-5-11-10-20-18(25)22-15(11)9-12/h1-6,9,14,21H,7-8,10H2,(H2,20,22,25). The van der Waals surface area contributed by atoms with E-state index in [1.54, 1.807) is 18.2 Å². The van der Waals surface area contributed by atoms with Gasteiger partial charge in [-0.3, -0.25) is 4.79 Å². The van der Waals surface area contributed by atoms with E-state index in [0.717, 1.165) is 16.9 Å². The molecule has 2 aliphatic heterocycles. The molecule has 6 nitrogen and oxygen atoms in total. The zero-order valence-electron chi connectivity index (χ0n) is 13.4. The van der Waals surface area contributed by atoms with E-state index in [1.807, 2.05) is 18.2 Å². The fourth-order valence-electron chi connectivity index (χ4n) is 3.20. The second-order valence-electron chi connectivity index (χ2n) is 6.11. The third kappa shape index (κ3) is 2.88. The highest BCUT2D eigenvalue weighted by Crippen LogP contribution is 2.28. The van der Waals surface area contributed by atoms with Gasteiger partial charge in [0.05, 0.1) is 5.69 Å². The van der Waals surface area contributed by atoms with Gasteiger partial charge in [0, 0.05) is 24.5 Å². The predicted octanol–water partition coefficient (Wildman–Crippen LogP) is 2.68. The zero-order valence-corrected chi connectivity index (χ0v) is 13.4. The van der Waals surface area contributed by atoms with Crippen LogP contribution in [0.4, 0.5) is 26.2 Å². The highest BCUT2D eigenvalue weighted by atomic mass is 19.1. The summed E-state index contributed by atoms with van der Waals surface area (Å²) in [5, 5.41) is 8.63. The lowest BCUT2D eigenvalue weighted by molar-refractivity contribution is -0.117. The summed E-state index contributed by atoms with van der Waals surface area (Å²) >= 11 is 0. The van der Waals surface area contributed by atoms with Crippen LogP contribution in [0.15, 0.2) is 42.5 Å². The largest absolute Gasteiger partial charge is 0.374 e. The van der Waals surface area contributed by atoms with Crippen molar-refractivity contribution in [2.45, 2.75) is 19.0 Å². The number of carbonyl (C=O) groups excluding carboxylic acids is 2. The molecule has 25 heavy (non-hydrogen) atoms. The number of carbonyl (C=O) groups is 2. The van der Waals surface area contributed by atoms with Crippen molar-refractivity contribution >= 4 is 29.0 Å². The number of hydrogen-bond donors (Lipinski definition) is 3. The summed E-state index contributed by atoms with van der Waals surface area (Å²) in [4.78, 5) is 25.5. The van der Waals surface area contributed by atoms with Crippen molar-refractivity contribution in [2.24, 2.45) is 0 Å². The minimum Gasteiger partial charge on any atom is -0.374 e. The minimum atomic E-state index is -0.421. The summed E-state index contributed by atoms with van der Waals surface area (Å²) in [5.74, 6) is -0.561. The Labute approximate surface area is 144 Å². The smallest absolute Gasteiger partial charge is 0.319 e. The van der Waals surface area contributed by atoms with E-state index < -0.39 is 11.9 Å². The topological polar surface area (TPSA) is 73.5 Å². The molecule has 1 fully saturated rings. The highest BCUT2D eigenvalue weighted by molar-refractivity contribution is 6.01. The number of hydrogen-bond acceptors (Lipinski definition) is 3. The number of rotatable bonds is 3. The molecule has 1 unspecified atom stereocenters. The van der Waals surface area contributed by atoms with Crippen LogP contribution in [0.1, 0.15) is 12.0 Å². The Morgan fingerprint density at radius 1 is 1.16 bits per heavy atom. The molecule has 0 aromatic heterocycles. The Morgan fingerprint density at radius 3 is 2.84 bits per heavy atom. The van der Waals surface area contributed by atoms with Crippen LogP contribution in [-0.4, -0.2) is 24.5 Å². The molecule has 0 bridgehead atoms. The molecule has 0 spiro atoms. The number of nitrogens with one attached hydrogen (secondary N) is 3. The van der Waals surface area contributed by atoms with Gasteiger partial charge in [-0.1, -0.05) is 18.2 Å². The second-order valence-corrected chi connectivity index (χ2v) is 6.11. The van der Waals surface area contributed by atoms with E-state index in [0.29, 0.717) is 25.2 Å². The molecule has 2 aromatic carbocycles. The van der Waals surface area contributed by atoms with Crippen LogP contribution < -0.4 is 20.9 Å². The van der Waals surface area contributed by atoms with E-state index in [4.69, 9.17) is 0 Å². The average Bonchev–Trinajstić information content (AvgIpc) is 2.96. The Kier molecular flexibility index (Phi) is 3.76. The molecule has 128 valence electrons. The Morgan fingerprint density at radius 2 is 2.00 bits per heavy atom. The SMILES string of the molecule is O=C1NCc2ccc(NC3CCN(c4ccccc4F)C3=O)cc2N1. The lowest BCUT2D eigenvalue weighted by Crippen LogP contribution is -2.34. The predicted molar refractivity (Wildman–Crippen MR) is 93.1 cm³/mol. The Hall–Kier alpha value is -3.09. The van der Waals surface area contributed by atoms with Crippen LogP contribution in [0, 0.1) is 5.82 Å². The van der Waals surface area contributed by atoms with E-state index in [9.17, 15) is 14.0 Å². The van der Waals surface area contributed by atoms with Gasteiger partial charge in [0.15, 0.2) is 0 Å². The van der Waals surface area contributed by atoms with Crippen LogP contribution in [0.5, 0.6) is 0 Å². The van der Waals surface area contributed by atoms with Crippen molar-refractivity contribution < 1.29 is 14.0 Å². The molecule has 3 N–H and O–H groups in total. The van der Waals surface area contributed by atoms with E-state index in [2.05, 4.69) is 16.0 Å². The maximum Gasteiger partial charge on any atom is 0.319 e. The molecule has 0 aliphatic carbocycles. The number of nitrogens with zero attached hydrogens (tertiary/aromatic N) is 1. The molecule has 0 saturated carbocycles. The van der Waals surface area contributed by atoms with Crippen molar-refractivity contribution in [3.8, 4) is 0 Å². The summed E-state index contributed by atoms with van der Waals surface area (Å²) in [6.07, 6.45) is 0.582. The maximum absolute atomic E-state index is 13.9. The first-order chi connectivity index (χ1) is 12.1. The average molecular weight is 340 g/mol. The van der Waals surface area contributed by atoms with Gasteiger partial charge in [0.2, 0.25) is 5.91 Å². The third-order valence-corrected chi connectivity index (χ3v) is 4.49. The number of benzene rings is 2. The van der Waals surface area contributed by atoms with E-state index >= 15 is 0 Å². The second kappa shape index (κ2) is 6.08. The molecule has 2 aliphatic rings. The number of halogens is 1. The Bertz CT molecular complexity index is 855.